The van der Waals surface area contributed by atoms with Gasteiger partial charge in [0.15, 0.2) is 0 Å². The van der Waals surface area contributed by atoms with Crippen LogP contribution in [0.4, 0.5) is 8.78 Å². The van der Waals surface area contributed by atoms with Crippen molar-refractivity contribution in [3.05, 3.63) is 59.8 Å². The lowest BCUT2D eigenvalue weighted by molar-refractivity contribution is 0.620. The number of nitrogens with zero attached hydrogens (tertiary/aromatic N) is 1. The second-order valence-electron chi connectivity index (χ2n) is 4.97. The van der Waals surface area contributed by atoms with Gasteiger partial charge in [-0.1, -0.05) is 18.7 Å². The Labute approximate surface area is 115 Å². The van der Waals surface area contributed by atoms with Crippen LogP contribution in [0.15, 0.2) is 36.9 Å². The van der Waals surface area contributed by atoms with E-state index < -0.39 is 0 Å². The summed E-state index contributed by atoms with van der Waals surface area (Å²) in [6, 6.07) is 7.92. The zero-order valence-corrected chi connectivity index (χ0v) is 11.3. The predicted molar refractivity (Wildman–Crippen MR) is 78.6 cm³/mol. The molecular formula is C17H13F2N. The zero-order valence-electron chi connectivity index (χ0n) is 11.3. The first kappa shape index (κ1) is 12.7. The Morgan fingerprint density at radius 3 is 2.50 bits per heavy atom. The summed E-state index contributed by atoms with van der Waals surface area (Å²) < 4.78 is 27.9. The van der Waals surface area contributed by atoms with E-state index in [1.807, 2.05) is 6.07 Å². The summed E-state index contributed by atoms with van der Waals surface area (Å²) in [5.41, 5.74) is 2.17. The van der Waals surface area contributed by atoms with Crippen LogP contribution < -0.4 is 0 Å². The Bertz CT molecular complexity index is 866. The third kappa shape index (κ3) is 1.70. The van der Waals surface area contributed by atoms with Crippen LogP contribution in [0.5, 0.6) is 0 Å². The third-order valence-electron chi connectivity index (χ3n) is 3.53. The smallest absolute Gasteiger partial charge is 0.133 e. The van der Waals surface area contributed by atoms with Crippen LogP contribution in [-0.4, -0.2) is 4.98 Å². The predicted octanol–water partition coefficient (Wildman–Crippen LogP) is 5.01. The number of aromatic nitrogens is 1. The third-order valence-corrected chi connectivity index (χ3v) is 3.53. The summed E-state index contributed by atoms with van der Waals surface area (Å²) in [6.07, 6.45) is 0. The summed E-state index contributed by atoms with van der Waals surface area (Å²) in [6.45, 7) is 7.30. The minimum Gasteiger partial charge on any atom is -0.247 e. The van der Waals surface area contributed by atoms with Crippen molar-refractivity contribution >= 4 is 27.2 Å². The summed E-state index contributed by atoms with van der Waals surface area (Å²) in [7, 11) is 0. The van der Waals surface area contributed by atoms with Crippen LogP contribution in [0.3, 0.4) is 0 Å². The molecule has 0 bridgehead atoms. The molecular weight excluding hydrogens is 256 g/mol. The Balaban J connectivity index is 2.65. The van der Waals surface area contributed by atoms with Crippen LogP contribution in [0.2, 0.25) is 0 Å². The van der Waals surface area contributed by atoms with Gasteiger partial charge in [-0.2, -0.15) is 0 Å². The molecule has 0 N–H and O–H groups in total. The monoisotopic (exact) mass is 269 g/mol. The Morgan fingerprint density at radius 2 is 1.80 bits per heavy atom. The second-order valence-corrected chi connectivity index (χ2v) is 4.97. The maximum absolute atomic E-state index is 14.2. The molecule has 0 amide bonds. The minimum atomic E-state index is -0.336. The lowest BCUT2D eigenvalue weighted by Gasteiger charge is -2.12. The van der Waals surface area contributed by atoms with E-state index in [9.17, 15) is 8.78 Å². The normalized spacial score (nSPS) is 11.2. The topological polar surface area (TPSA) is 12.9 Å². The molecule has 1 heterocycles. The summed E-state index contributed by atoms with van der Waals surface area (Å²) >= 11 is 0. The van der Waals surface area contributed by atoms with Gasteiger partial charge in [0, 0.05) is 16.3 Å². The van der Waals surface area contributed by atoms with Crippen molar-refractivity contribution in [2.24, 2.45) is 0 Å². The standard InChI is InChI=1S/C17H13F2N/c1-9(2)16-15-11(5-4-6-14(15)19)12-7-8-13(18)10(3)17(12)20-16/h4-8H,1H2,2-3H3. The van der Waals surface area contributed by atoms with E-state index in [4.69, 9.17) is 0 Å². The molecule has 20 heavy (non-hydrogen) atoms. The van der Waals surface area contributed by atoms with Gasteiger partial charge in [0.1, 0.15) is 11.6 Å². The Hall–Kier alpha value is -2.29. The average molecular weight is 269 g/mol. The molecule has 1 nitrogen and oxygen atoms in total. The van der Waals surface area contributed by atoms with E-state index in [2.05, 4.69) is 11.6 Å². The molecule has 0 fully saturated rings. The molecule has 0 radical (unpaired) electrons. The average Bonchev–Trinajstić information content (AvgIpc) is 2.42. The second kappa shape index (κ2) is 4.37. The minimum absolute atomic E-state index is 0.312. The van der Waals surface area contributed by atoms with E-state index in [0.29, 0.717) is 27.7 Å². The van der Waals surface area contributed by atoms with Gasteiger partial charge in [-0.3, -0.25) is 0 Å². The molecule has 0 aliphatic carbocycles. The van der Waals surface area contributed by atoms with Gasteiger partial charge < -0.3 is 0 Å². The maximum atomic E-state index is 14.2. The highest BCUT2D eigenvalue weighted by Gasteiger charge is 2.15. The molecule has 0 saturated heterocycles. The van der Waals surface area contributed by atoms with Crippen LogP contribution in [0, 0.1) is 18.6 Å². The number of aryl methyl sites for hydroxylation is 1. The van der Waals surface area contributed by atoms with Gasteiger partial charge in [0.05, 0.1) is 11.2 Å². The summed E-state index contributed by atoms with van der Waals surface area (Å²) in [4.78, 5) is 4.44. The van der Waals surface area contributed by atoms with E-state index in [1.165, 1.54) is 12.1 Å². The quantitative estimate of drug-likeness (QED) is 0.566. The van der Waals surface area contributed by atoms with Crippen molar-refractivity contribution in [1.82, 2.24) is 4.98 Å². The number of halogens is 2. The van der Waals surface area contributed by atoms with E-state index in [1.54, 1.807) is 26.0 Å². The molecule has 0 aliphatic rings. The highest BCUT2D eigenvalue weighted by molar-refractivity contribution is 6.10. The number of allylic oxidation sites excluding steroid dienone is 1. The number of fused-ring (bicyclic) bond motifs is 3. The van der Waals surface area contributed by atoms with Crippen LogP contribution >= 0.6 is 0 Å². The van der Waals surface area contributed by atoms with Crippen molar-refractivity contribution in [3.8, 4) is 0 Å². The number of hydrogen-bond donors (Lipinski definition) is 0. The van der Waals surface area contributed by atoms with Crippen molar-refractivity contribution in [1.29, 1.82) is 0 Å². The molecule has 3 rings (SSSR count). The van der Waals surface area contributed by atoms with Crippen LogP contribution in [0.1, 0.15) is 18.2 Å². The van der Waals surface area contributed by atoms with Gasteiger partial charge in [-0.05, 0) is 43.0 Å². The van der Waals surface area contributed by atoms with E-state index >= 15 is 0 Å². The fraction of sp³-hybridized carbons (Fsp3) is 0.118. The number of rotatable bonds is 1. The molecule has 1 aromatic heterocycles. The molecule has 0 saturated carbocycles. The van der Waals surface area contributed by atoms with E-state index in [-0.39, 0.29) is 11.6 Å². The van der Waals surface area contributed by atoms with Gasteiger partial charge in [-0.15, -0.1) is 0 Å². The molecule has 0 aliphatic heterocycles. The molecule has 0 spiro atoms. The van der Waals surface area contributed by atoms with Crippen molar-refractivity contribution < 1.29 is 8.78 Å². The summed E-state index contributed by atoms with van der Waals surface area (Å²) in [5, 5.41) is 1.93. The van der Waals surface area contributed by atoms with Crippen molar-refractivity contribution in [2.75, 3.05) is 0 Å². The lowest BCUT2D eigenvalue weighted by atomic mass is 9.99. The van der Waals surface area contributed by atoms with Crippen molar-refractivity contribution in [3.63, 3.8) is 0 Å². The molecule has 100 valence electrons. The van der Waals surface area contributed by atoms with Crippen molar-refractivity contribution in [2.45, 2.75) is 13.8 Å². The Morgan fingerprint density at radius 1 is 1.05 bits per heavy atom. The first-order chi connectivity index (χ1) is 9.50. The van der Waals surface area contributed by atoms with Gasteiger partial charge in [-0.25, -0.2) is 13.8 Å². The molecule has 0 atom stereocenters. The molecule has 2 aromatic carbocycles. The van der Waals surface area contributed by atoms with Gasteiger partial charge >= 0.3 is 0 Å². The first-order valence-electron chi connectivity index (χ1n) is 6.33. The Kier molecular flexibility index (Phi) is 2.78. The highest BCUT2D eigenvalue weighted by Crippen LogP contribution is 2.33. The fourth-order valence-electron chi connectivity index (χ4n) is 2.50. The lowest BCUT2D eigenvalue weighted by Crippen LogP contribution is -1.96. The first-order valence-corrected chi connectivity index (χ1v) is 6.33. The molecule has 3 aromatic rings. The zero-order chi connectivity index (χ0) is 14.4. The summed E-state index contributed by atoms with van der Waals surface area (Å²) in [5.74, 6) is -0.648. The number of hydrogen-bond acceptors (Lipinski definition) is 1. The molecule has 0 unspecified atom stereocenters. The highest BCUT2D eigenvalue weighted by atomic mass is 19.1. The fourth-order valence-corrected chi connectivity index (χ4v) is 2.50. The number of benzene rings is 2. The SMILES string of the molecule is C=C(C)c1nc2c(C)c(F)ccc2c2cccc(F)c12. The van der Waals surface area contributed by atoms with Gasteiger partial charge in [0.25, 0.3) is 0 Å². The number of pyridine rings is 1. The maximum Gasteiger partial charge on any atom is 0.133 e. The van der Waals surface area contributed by atoms with Gasteiger partial charge in [0.2, 0.25) is 0 Å². The molecule has 3 heteroatoms. The van der Waals surface area contributed by atoms with E-state index in [0.717, 1.165) is 10.8 Å². The largest absolute Gasteiger partial charge is 0.247 e. The van der Waals surface area contributed by atoms with Crippen LogP contribution in [0.25, 0.3) is 27.2 Å². The van der Waals surface area contributed by atoms with Crippen LogP contribution in [-0.2, 0) is 0 Å².